The van der Waals surface area contributed by atoms with Gasteiger partial charge in [-0.1, -0.05) is 37.3 Å². The third-order valence-corrected chi connectivity index (χ3v) is 2.47. The third-order valence-electron chi connectivity index (χ3n) is 2.47. The fraction of sp³-hybridized carbons (Fsp3) is 0.364. The zero-order valence-corrected chi connectivity index (χ0v) is 7.57. The summed E-state index contributed by atoms with van der Waals surface area (Å²) in [7, 11) is 0. The van der Waals surface area contributed by atoms with E-state index in [1.165, 1.54) is 0 Å². The first kappa shape index (κ1) is 8.30. The fourth-order valence-corrected chi connectivity index (χ4v) is 1.76. The quantitative estimate of drug-likeness (QED) is 0.611. The van der Waals surface area contributed by atoms with Gasteiger partial charge in [0.05, 0.1) is 12.5 Å². The van der Waals surface area contributed by atoms with Crippen LogP contribution in [0.2, 0.25) is 0 Å². The van der Waals surface area contributed by atoms with Crippen LogP contribution in [-0.2, 0) is 9.53 Å². The van der Waals surface area contributed by atoms with Gasteiger partial charge in [-0.3, -0.25) is 4.79 Å². The van der Waals surface area contributed by atoms with Crippen LogP contribution >= 0.6 is 0 Å². The Morgan fingerprint density at radius 2 is 2.00 bits per heavy atom. The second-order valence-electron chi connectivity index (χ2n) is 3.50. The summed E-state index contributed by atoms with van der Waals surface area (Å²) in [5, 5.41) is 0. The van der Waals surface area contributed by atoms with E-state index >= 15 is 0 Å². The highest BCUT2D eigenvalue weighted by Gasteiger charge is 2.34. The van der Waals surface area contributed by atoms with Gasteiger partial charge in [0, 0.05) is 5.92 Å². The number of hydrogen-bond acceptors (Lipinski definition) is 2. The fourth-order valence-electron chi connectivity index (χ4n) is 1.76. The number of benzene rings is 1. The summed E-state index contributed by atoms with van der Waals surface area (Å²) < 4.78 is 4.99. The summed E-state index contributed by atoms with van der Waals surface area (Å²) in [5.74, 6) is 0.162. The molecule has 2 atom stereocenters. The Morgan fingerprint density at radius 1 is 1.31 bits per heavy atom. The summed E-state index contributed by atoms with van der Waals surface area (Å²) >= 11 is 0. The molecule has 1 aromatic rings. The van der Waals surface area contributed by atoms with Gasteiger partial charge in [0.1, 0.15) is 0 Å². The molecule has 1 fully saturated rings. The first-order chi connectivity index (χ1) is 6.29. The van der Waals surface area contributed by atoms with Gasteiger partial charge in [-0.15, -0.1) is 0 Å². The van der Waals surface area contributed by atoms with Crippen molar-refractivity contribution in [2.75, 3.05) is 6.61 Å². The van der Waals surface area contributed by atoms with Gasteiger partial charge in [-0.25, -0.2) is 0 Å². The number of ether oxygens (including phenoxy) is 1. The topological polar surface area (TPSA) is 26.3 Å². The molecule has 0 aromatic heterocycles. The summed E-state index contributed by atoms with van der Waals surface area (Å²) in [6.45, 7) is 2.60. The van der Waals surface area contributed by atoms with Crippen molar-refractivity contribution in [1.29, 1.82) is 0 Å². The molecule has 2 nitrogen and oxygen atoms in total. The molecular formula is C11H12O2. The van der Waals surface area contributed by atoms with Crippen LogP contribution in [0.15, 0.2) is 30.3 Å². The van der Waals surface area contributed by atoms with Gasteiger partial charge in [-0.05, 0) is 5.56 Å². The van der Waals surface area contributed by atoms with Gasteiger partial charge in [0.15, 0.2) is 0 Å². The third kappa shape index (κ3) is 1.44. The van der Waals surface area contributed by atoms with Crippen LogP contribution in [0.4, 0.5) is 0 Å². The molecule has 2 rings (SSSR count). The Morgan fingerprint density at radius 3 is 2.54 bits per heavy atom. The lowest BCUT2D eigenvalue weighted by atomic mass is 9.90. The Labute approximate surface area is 77.5 Å². The van der Waals surface area contributed by atoms with Gasteiger partial charge in [0.2, 0.25) is 0 Å². The smallest absolute Gasteiger partial charge is 0.313 e. The molecule has 0 N–H and O–H groups in total. The molecule has 1 aliphatic heterocycles. The van der Waals surface area contributed by atoms with Crippen molar-refractivity contribution in [3.05, 3.63) is 35.9 Å². The molecule has 1 heterocycles. The lowest BCUT2D eigenvalue weighted by molar-refractivity contribution is -0.139. The minimum Gasteiger partial charge on any atom is -0.465 e. The molecule has 0 bridgehead atoms. The van der Waals surface area contributed by atoms with Crippen LogP contribution in [0.1, 0.15) is 18.4 Å². The number of carbonyl (C=O) groups is 1. The molecule has 68 valence electrons. The molecule has 2 heteroatoms. The molecular weight excluding hydrogens is 164 g/mol. The van der Waals surface area contributed by atoms with Crippen molar-refractivity contribution in [2.45, 2.75) is 12.8 Å². The molecule has 1 aromatic carbocycles. The van der Waals surface area contributed by atoms with E-state index < -0.39 is 0 Å². The number of cyclic esters (lactones) is 1. The molecule has 13 heavy (non-hydrogen) atoms. The largest absolute Gasteiger partial charge is 0.465 e. The maximum atomic E-state index is 11.4. The van der Waals surface area contributed by atoms with E-state index in [1.807, 2.05) is 37.3 Å². The highest BCUT2D eigenvalue weighted by Crippen LogP contribution is 2.31. The minimum atomic E-state index is -0.0845. The predicted molar refractivity (Wildman–Crippen MR) is 49.3 cm³/mol. The van der Waals surface area contributed by atoms with E-state index in [0.29, 0.717) is 12.5 Å². The van der Waals surface area contributed by atoms with Gasteiger partial charge in [0.25, 0.3) is 0 Å². The molecule has 0 saturated carbocycles. The second kappa shape index (κ2) is 3.21. The van der Waals surface area contributed by atoms with Crippen LogP contribution in [-0.4, -0.2) is 12.6 Å². The van der Waals surface area contributed by atoms with Crippen molar-refractivity contribution in [3.63, 3.8) is 0 Å². The molecule has 1 aliphatic rings. The first-order valence-electron chi connectivity index (χ1n) is 4.50. The minimum absolute atomic E-state index is 0.0544. The summed E-state index contributed by atoms with van der Waals surface area (Å²) in [5.41, 5.74) is 1.07. The number of hydrogen-bond donors (Lipinski definition) is 0. The van der Waals surface area contributed by atoms with Crippen LogP contribution < -0.4 is 0 Å². The Kier molecular flexibility index (Phi) is 2.05. The summed E-state index contributed by atoms with van der Waals surface area (Å²) in [6.07, 6.45) is 0. The Bertz CT molecular complexity index is 305. The zero-order valence-electron chi connectivity index (χ0n) is 7.57. The predicted octanol–water partition coefficient (Wildman–Crippen LogP) is 1.96. The van der Waals surface area contributed by atoms with Crippen molar-refractivity contribution in [2.24, 2.45) is 5.92 Å². The molecule has 2 unspecified atom stereocenters. The lowest BCUT2D eigenvalue weighted by Gasteiger charge is -2.09. The van der Waals surface area contributed by atoms with Crippen molar-refractivity contribution in [1.82, 2.24) is 0 Å². The highest BCUT2D eigenvalue weighted by molar-refractivity contribution is 5.80. The van der Waals surface area contributed by atoms with Crippen LogP contribution in [0.5, 0.6) is 0 Å². The maximum Gasteiger partial charge on any atom is 0.313 e. The van der Waals surface area contributed by atoms with Gasteiger partial charge >= 0.3 is 5.97 Å². The number of rotatable bonds is 1. The molecule has 0 spiro atoms. The number of carbonyl (C=O) groups excluding carboxylic acids is 1. The average Bonchev–Trinajstić information content (AvgIpc) is 2.48. The van der Waals surface area contributed by atoms with E-state index in [-0.39, 0.29) is 11.9 Å². The van der Waals surface area contributed by atoms with E-state index in [4.69, 9.17) is 4.74 Å². The normalized spacial score (nSPS) is 27.3. The standard InChI is InChI=1S/C11H12O2/c1-8-7-13-11(12)10(8)9-5-3-2-4-6-9/h2-6,8,10H,7H2,1H3. The molecule has 0 amide bonds. The summed E-state index contributed by atoms with van der Waals surface area (Å²) in [6, 6.07) is 9.82. The Hall–Kier alpha value is -1.31. The SMILES string of the molecule is CC1COC(=O)C1c1ccccc1. The number of esters is 1. The van der Waals surface area contributed by atoms with Crippen LogP contribution in [0, 0.1) is 5.92 Å². The lowest BCUT2D eigenvalue weighted by Crippen LogP contribution is -2.10. The molecule has 1 saturated heterocycles. The highest BCUT2D eigenvalue weighted by atomic mass is 16.5. The van der Waals surface area contributed by atoms with Crippen molar-refractivity contribution in [3.8, 4) is 0 Å². The molecule has 0 radical (unpaired) electrons. The first-order valence-corrected chi connectivity index (χ1v) is 4.50. The van der Waals surface area contributed by atoms with E-state index in [2.05, 4.69) is 0 Å². The van der Waals surface area contributed by atoms with Gasteiger partial charge < -0.3 is 4.74 Å². The maximum absolute atomic E-state index is 11.4. The van der Waals surface area contributed by atoms with E-state index in [9.17, 15) is 4.79 Å². The van der Waals surface area contributed by atoms with Gasteiger partial charge in [-0.2, -0.15) is 0 Å². The van der Waals surface area contributed by atoms with Crippen molar-refractivity contribution < 1.29 is 9.53 Å². The van der Waals surface area contributed by atoms with Crippen molar-refractivity contribution >= 4 is 5.97 Å². The van der Waals surface area contributed by atoms with E-state index in [0.717, 1.165) is 5.56 Å². The second-order valence-corrected chi connectivity index (χ2v) is 3.50. The zero-order chi connectivity index (χ0) is 9.26. The van der Waals surface area contributed by atoms with E-state index in [1.54, 1.807) is 0 Å². The van der Waals surface area contributed by atoms with Crippen LogP contribution in [0.25, 0.3) is 0 Å². The van der Waals surface area contributed by atoms with Crippen LogP contribution in [0.3, 0.4) is 0 Å². The monoisotopic (exact) mass is 176 g/mol. The Balaban J connectivity index is 2.30. The summed E-state index contributed by atoms with van der Waals surface area (Å²) in [4.78, 5) is 11.4. The molecule has 0 aliphatic carbocycles. The average molecular weight is 176 g/mol.